The molecule has 1 N–H and O–H groups in total. The van der Waals surface area contributed by atoms with Crippen LogP contribution in [0.15, 0.2) is 16.7 Å². The second-order valence-electron chi connectivity index (χ2n) is 3.37. The summed E-state index contributed by atoms with van der Waals surface area (Å²) in [7, 11) is 1.28. The largest absolute Gasteiger partial charge is 0.468 e. The number of anilines is 1. The molecule has 0 aromatic carbocycles. The topological polar surface area (TPSA) is 112 Å². The minimum Gasteiger partial charge on any atom is -0.468 e. The smallest absolute Gasteiger partial charge is 0.327 e. The number of nitrogens with zero attached hydrogens (tertiary/aromatic N) is 5. The summed E-state index contributed by atoms with van der Waals surface area (Å²) in [6.07, 6.45) is 1.60. The zero-order valence-electron chi connectivity index (χ0n) is 10.3. The standard InChI is InChI=1S/C9H10N6O3S2/c1-18-7(17)4-15-9(12-13-14-15)20-5-6(16)11-8-10-2-3-19-8/h2-3H,4-5H2,1H3,(H,10,11,16). The van der Waals surface area contributed by atoms with Crippen LogP contribution in [-0.2, 0) is 20.9 Å². The Hall–Kier alpha value is -2.01. The zero-order chi connectivity index (χ0) is 14.4. The van der Waals surface area contributed by atoms with E-state index in [9.17, 15) is 9.59 Å². The molecule has 0 saturated heterocycles. The lowest BCUT2D eigenvalue weighted by atomic mass is 10.7. The normalized spacial score (nSPS) is 10.2. The number of rotatable bonds is 6. The van der Waals surface area contributed by atoms with E-state index in [-0.39, 0.29) is 18.2 Å². The average Bonchev–Trinajstić information content (AvgIpc) is 3.08. The van der Waals surface area contributed by atoms with Crippen LogP contribution >= 0.6 is 23.1 Å². The van der Waals surface area contributed by atoms with Crippen LogP contribution in [0.2, 0.25) is 0 Å². The van der Waals surface area contributed by atoms with E-state index >= 15 is 0 Å². The number of tetrazole rings is 1. The highest BCUT2D eigenvalue weighted by atomic mass is 32.2. The lowest BCUT2D eigenvalue weighted by molar-refractivity contribution is -0.141. The molecule has 2 heterocycles. The van der Waals surface area contributed by atoms with E-state index in [0.29, 0.717) is 10.3 Å². The molecule has 2 aromatic heterocycles. The van der Waals surface area contributed by atoms with Crippen molar-refractivity contribution < 1.29 is 14.3 Å². The number of amides is 1. The number of thiazole rings is 1. The van der Waals surface area contributed by atoms with E-state index in [4.69, 9.17) is 0 Å². The number of hydrogen-bond donors (Lipinski definition) is 1. The highest BCUT2D eigenvalue weighted by Gasteiger charge is 2.13. The SMILES string of the molecule is COC(=O)Cn1nnnc1SCC(=O)Nc1nccs1. The van der Waals surface area contributed by atoms with E-state index in [1.807, 2.05) is 0 Å². The molecule has 0 radical (unpaired) electrons. The Morgan fingerprint density at radius 1 is 1.55 bits per heavy atom. The third kappa shape index (κ3) is 3.99. The molecule has 0 spiro atoms. The van der Waals surface area contributed by atoms with Crippen molar-refractivity contribution in [3.63, 3.8) is 0 Å². The first-order chi connectivity index (χ1) is 9.69. The lowest BCUT2D eigenvalue weighted by Gasteiger charge is -2.03. The van der Waals surface area contributed by atoms with Crippen molar-refractivity contribution in [2.24, 2.45) is 0 Å². The number of aromatic nitrogens is 5. The molecule has 9 nitrogen and oxygen atoms in total. The van der Waals surface area contributed by atoms with Crippen LogP contribution in [0.4, 0.5) is 5.13 Å². The van der Waals surface area contributed by atoms with Crippen molar-refractivity contribution in [3.05, 3.63) is 11.6 Å². The maximum atomic E-state index is 11.7. The highest BCUT2D eigenvalue weighted by Crippen LogP contribution is 2.15. The summed E-state index contributed by atoms with van der Waals surface area (Å²) >= 11 is 2.45. The first kappa shape index (κ1) is 14.4. The van der Waals surface area contributed by atoms with Crippen LogP contribution in [0.1, 0.15) is 0 Å². The van der Waals surface area contributed by atoms with Crippen LogP contribution in [0, 0.1) is 0 Å². The second kappa shape index (κ2) is 6.96. The summed E-state index contributed by atoms with van der Waals surface area (Å²) in [6.45, 7) is -0.0973. The molecule has 20 heavy (non-hydrogen) atoms. The van der Waals surface area contributed by atoms with Crippen LogP contribution in [0.3, 0.4) is 0 Å². The number of hydrogen-bond acceptors (Lipinski definition) is 9. The zero-order valence-corrected chi connectivity index (χ0v) is 12.0. The van der Waals surface area contributed by atoms with Gasteiger partial charge in [-0.25, -0.2) is 9.67 Å². The summed E-state index contributed by atoms with van der Waals surface area (Å²) in [4.78, 5) is 26.7. The van der Waals surface area contributed by atoms with Crippen molar-refractivity contribution >= 4 is 40.1 Å². The fourth-order valence-corrected chi connectivity index (χ4v) is 2.38. The summed E-state index contributed by atoms with van der Waals surface area (Å²) in [5.41, 5.74) is 0. The van der Waals surface area contributed by atoms with Gasteiger partial charge in [-0.1, -0.05) is 11.8 Å². The van der Waals surface area contributed by atoms with E-state index in [1.165, 1.54) is 23.1 Å². The summed E-state index contributed by atoms with van der Waals surface area (Å²) in [5, 5.41) is 16.1. The summed E-state index contributed by atoms with van der Waals surface area (Å²) in [5.74, 6) is -0.579. The number of nitrogens with one attached hydrogen (secondary N) is 1. The van der Waals surface area contributed by atoms with Gasteiger partial charge in [0, 0.05) is 11.6 Å². The number of methoxy groups -OCH3 is 1. The van der Waals surface area contributed by atoms with Crippen LogP contribution in [-0.4, -0.2) is 49.9 Å². The third-order valence-corrected chi connectivity index (χ3v) is 3.66. The molecular formula is C9H10N6O3S2. The van der Waals surface area contributed by atoms with Crippen LogP contribution in [0.25, 0.3) is 0 Å². The van der Waals surface area contributed by atoms with Gasteiger partial charge in [-0.2, -0.15) is 0 Å². The molecule has 0 bridgehead atoms. The van der Waals surface area contributed by atoms with Gasteiger partial charge in [0.05, 0.1) is 12.9 Å². The van der Waals surface area contributed by atoms with E-state index in [2.05, 4.69) is 30.6 Å². The molecule has 0 unspecified atom stereocenters. The van der Waals surface area contributed by atoms with Crippen molar-refractivity contribution in [1.29, 1.82) is 0 Å². The quantitative estimate of drug-likeness (QED) is 0.587. The third-order valence-electron chi connectivity index (χ3n) is 2.02. The number of carbonyl (C=O) groups excluding carboxylic acids is 2. The number of esters is 1. The Bertz CT molecular complexity index is 584. The first-order valence-electron chi connectivity index (χ1n) is 5.34. The molecule has 106 valence electrons. The maximum Gasteiger partial charge on any atom is 0.327 e. The van der Waals surface area contributed by atoms with E-state index in [0.717, 1.165) is 11.8 Å². The van der Waals surface area contributed by atoms with E-state index in [1.54, 1.807) is 11.6 Å². The average molecular weight is 314 g/mol. The predicted octanol–water partition coefficient (Wildman–Crippen LogP) is 0.0334. The molecule has 0 aliphatic carbocycles. The van der Waals surface area contributed by atoms with Gasteiger partial charge in [0.1, 0.15) is 6.54 Å². The fourth-order valence-electron chi connectivity index (χ4n) is 1.16. The molecular weight excluding hydrogens is 304 g/mol. The minimum absolute atomic E-state index is 0.0973. The molecule has 2 rings (SSSR count). The maximum absolute atomic E-state index is 11.7. The van der Waals surface area contributed by atoms with Crippen LogP contribution < -0.4 is 5.32 Å². The Labute approximate surface area is 121 Å². The van der Waals surface area contributed by atoms with Gasteiger partial charge in [0.2, 0.25) is 11.1 Å². The Kier molecular flexibility index (Phi) is 5.01. The monoisotopic (exact) mass is 314 g/mol. The van der Waals surface area contributed by atoms with E-state index < -0.39 is 5.97 Å². The summed E-state index contributed by atoms with van der Waals surface area (Å²) in [6, 6.07) is 0. The minimum atomic E-state index is -0.466. The highest BCUT2D eigenvalue weighted by molar-refractivity contribution is 7.99. The molecule has 0 aliphatic heterocycles. The molecule has 0 fully saturated rings. The Balaban J connectivity index is 1.86. The van der Waals surface area contributed by atoms with Crippen molar-refractivity contribution in [2.75, 3.05) is 18.2 Å². The predicted molar refractivity (Wildman–Crippen MR) is 71.3 cm³/mol. The van der Waals surface area contributed by atoms with Crippen molar-refractivity contribution in [1.82, 2.24) is 25.2 Å². The van der Waals surface area contributed by atoms with Crippen molar-refractivity contribution in [2.45, 2.75) is 11.7 Å². The molecule has 0 aliphatic rings. The van der Waals surface area contributed by atoms with Gasteiger partial charge >= 0.3 is 5.97 Å². The molecule has 1 amide bonds. The van der Waals surface area contributed by atoms with Gasteiger partial charge in [-0.15, -0.1) is 16.4 Å². The Morgan fingerprint density at radius 2 is 2.40 bits per heavy atom. The van der Waals surface area contributed by atoms with Crippen molar-refractivity contribution in [3.8, 4) is 0 Å². The Morgan fingerprint density at radius 3 is 3.10 bits per heavy atom. The number of ether oxygens (including phenoxy) is 1. The first-order valence-corrected chi connectivity index (χ1v) is 7.20. The summed E-state index contributed by atoms with van der Waals surface area (Å²) < 4.78 is 5.79. The second-order valence-corrected chi connectivity index (χ2v) is 5.21. The molecule has 0 saturated carbocycles. The lowest BCUT2D eigenvalue weighted by Crippen LogP contribution is -2.16. The van der Waals surface area contributed by atoms with Gasteiger partial charge in [-0.3, -0.25) is 9.59 Å². The number of thioether (sulfide) groups is 1. The van der Waals surface area contributed by atoms with Crippen LogP contribution in [0.5, 0.6) is 0 Å². The molecule has 0 atom stereocenters. The van der Waals surface area contributed by atoms with Gasteiger partial charge in [0.25, 0.3) is 0 Å². The van der Waals surface area contributed by atoms with Gasteiger partial charge < -0.3 is 10.1 Å². The molecule has 11 heteroatoms. The van der Waals surface area contributed by atoms with Gasteiger partial charge in [0.15, 0.2) is 5.13 Å². The molecule has 2 aromatic rings. The number of carbonyl (C=O) groups is 2. The fraction of sp³-hybridized carbons (Fsp3) is 0.333. The van der Waals surface area contributed by atoms with Gasteiger partial charge in [-0.05, 0) is 10.4 Å².